The molecule has 2 rings (SSSR count). The molecule has 0 aliphatic rings. The second-order valence-electron chi connectivity index (χ2n) is 4.17. The first-order valence-electron chi connectivity index (χ1n) is 5.52. The summed E-state index contributed by atoms with van der Waals surface area (Å²) in [6, 6.07) is 7.91. The van der Waals surface area contributed by atoms with Gasteiger partial charge in [0, 0.05) is 18.8 Å². The lowest BCUT2D eigenvalue weighted by molar-refractivity contribution is 0.0983. The topological polar surface area (TPSA) is 42.9 Å². The maximum atomic E-state index is 11.9. The van der Waals surface area contributed by atoms with Crippen molar-refractivity contribution in [2.45, 2.75) is 20.3 Å². The van der Waals surface area contributed by atoms with Gasteiger partial charge in [0.1, 0.15) is 0 Å². The molecular formula is C14H14N2O. The summed E-state index contributed by atoms with van der Waals surface area (Å²) in [6.45, 7) is 3.91. The molecule has 1 heterocycles. The van der Waals surface area contributed by atoms with Crippen LogP contribution >= 0.6 is 0 Å². The Bertz CT molecular complexity index is 532. The van der Waals surface area contributed by atoms with Crippen molar-refractivity contribution in [2.24, 2.45) is 0 Å². The highest BCUT2D eigenvalue weighted by atomic mass is 16.1. The fourth-order valence-corrected chi connectivity index (χ4v) is 1.62. The summed E-state index contributed by atoms with van der Waals surface area (Å²) in [6.07, 6.45) is 3.68. The SMILES string of the molecule is Cc1cnc(C(=O)Cc2cccc(C)c2)nc1. The molecule has 0 unspecified atom stereocenters. The number of Topliss-reactive ketones (excluding diaryl/α,β-unsaturated/α-hetero) is 1. The summed E-state index contributed by atoms with van der Waals surface area (Å²) < 4.78 is 0. The van der Waals surface area contributed by atoms with Gasteiger partial charge in [0.15, 0.2) is 5.82 Å². The first-order valence-corrected chi connectivity index (χ1v) is 5.52. The lowest BCUT2D eigenvalue weighted by atomic mass is 10.1. The molecule has 0 amide bonds. The van der Waals surface area contributed by atoms with Crippen molar-refractivity contribution >= 4 is 5.78 Å². The van der Waals surface area contributed by atoms with Gasteiger partial charge >= 0.3 is 0 Å². The number of aromatic nitrogens is 2. The van der Waals surface area contributed by atoms with Crippen LogP contribution in [0.3, 0.4) is 0 Å². The number of ketones is 1. The third kappa shape index (κ3) is 2.97. The summed E-state index contributed by atoms with van der Waals surface area (Å²) in [5.74, 6) is 0.243. The second-order valence-corrected chi connectivity index (χ2v) is 4.17. The molecule has 0 aliphatic carbocycles. The Hall–Kier alpha value is -2.03. The van der Waals surface area contributed by atoms with Gasteiger partial charge in [-0.05, 0) is 25.0 Å². The molecular weight excluding hydrogens is 212 g/mol. The number of nitrogens with zero attached hydrogens (tertiary/aromatic N) is 2. The molecule has 0 saturated carbocycles. The van der Waals surface area contributed by atoms with E-state index in [4.69, 9.17) is 0 Å². The number of hydrogen-bond acceptors (Lipinski definition) is 3. The van der Waals surface area contributed by atoms with Gasteiger partial charge in [0.25, 0.3) is 0 Å². The predicted octanol–water partition coefficient (Wildman–Crippen LogP) is 2.52. The fourth-order valence-electron chi connectivity index (χ4n) is 1.62. The van der Waals surface area contributed by atoms with E-state index in [-0.39, 0.29) is 11.6 Å². The van der Waals surface area contributed by atoms with Gasteiger partial charge < -0.3 is 0 Å². The van der Waals surface area contributed by atoms with Crippen LogP contribution in [0.5, 0.6) is 0 Å². The zero-order valence-corrected chi connectivity index (χ0v) is 9.97. The normalized spacial score (nSPS) is 10.2. The Labute approximate surface area is 101 Å². The number of carbonyl (C=O) groups excluding carboxylic acids is 1. The standard InChI is InChI=1S/C14H14N2O/c1-10-4-3-5-12(6-10)7-13(17)14-15-8-11(2)9-16-14/h3-6,8-9H,7H2,1-2H3. The molecule has 2 aromatic rings. The molecule has 86 valence electrons. The minimum absolute atomic E-state index is 0.0457. The quantitative estimate of drug-likeness (QED) is 0.755. The summed E-state index contributed by atoms with van der Waals surface area (Å²) >= 11 is 0. The van der Waals surface area contributed by atoms with Crippen LogP contribution in [0.4, 0.5) is 0 Å². The number of benzene rings is 1. The zero-order valence-electron chi connectivity index (χ0n) is 9.97. The maximum absolute atomic E-state index is 11.9. The molecule has 0 aliphatic heterocycles. The van der Waals surface area contributed by atoms with Crippen molar-refractivity contribution in [1.82, 2.24) is 9.97 Å². The molecule has 0 radical (unpaired) electrons. The molecule has 0 fully saturated rings. The van der Waals surface area contributed by atoms with Crippen LogP contribution in [0, 0.1) is 13.8 Å². The van der Waals surface area contributed by atoms with Gasteiger partial charge in [-0.2, -0.15) is 0 Å². The molecule has 0 atom stereocenters. The highest BCUT2D eigenvalue weighted by Gasteiger charge is 2.09. The number of aryl methyl sites for hydroxylation is 2. The third-order valence-corrected chi connectivity index (χ3v) is 2.48. The molecule has 3 heteroatoms. The van der Waals surface area contributed by atoms with Crippen molar-refractivity contribution in [1.29, 1.82) is 0 Å². The minimum Gasteiger partial charge on any atom is -0.290 e. The summed E-state index contributed by atoms with van der Waals surface area (Å²) in [4.78, 5) is 20.0. The van der Waals surface area contributed by atoms with Gasteiger partial charge in [0.05, 0.1) is 0 Å². The number of hydrogen-bond donors (Lipinski definition) is 0. The van der Waals surface area contributed by atoms with Gasteiger partial charge in [-0.3, -0.25) is 4.79 Å². The second kappa shape index (κ2) is 4.87. The van der Waals surface area contributed by atoms with E-state index in [0.29, 0.717) is 6.42 Å². The Kier molecular flexibility index (Phi) is 3.28. The molecule has 0 N–H and O–H groups in total. The van der Waals surface area contributed by atoms with Crippen LogP contribution in [0.25, 0.3) is 0 Å². The Morgan fingerprint density at radius 3 is 2.47 bits per heavy atom. The average molecular weight is 226 g/mol. The van der Waals surface area contributed by atoms with Crippen molar-refractivity contribution in [2.75, 3.05) is 0 Å². The Morgan fingerprint density at radius 2 is 1.82 bits per heavy atom. The van der Waals surface area contributed by atoms with Crippen molar-refractivity contribution < 1.29 is 4.79 Å². The predicted molar refractivity (Wildman–Crippen MR) is 66.0 cm³/mol. The highest BCUT2D eigenvalue weighted by Crippen LogP contribution is 2.07. The monoisotopic (exact) mass is 226 g/mol. The summed E-state index contributed by atoms with van der Waals surface area (Å²) in [5.41, 5.74) is 3.11. The van der Waals surface area contributed by atoms with Gasteiger partial charge in [-0.1, -0.05) is 29.8 Å². The lowest BCUT2D eigenvalue weighted by Gasteiger charge is -2.01. The zero-order chi connectivity index (χ0) is 12.3. The minimum atomic E-state index is -0.0457. The van der Waals surface area contributed by atoms with E-state index in [0.717, 1.165) is 16.7 Å². The molecule has 17 heavy (non-hydrogen) atoms. The smallest absolute Gasteiger partial charge is 0.204 e. The molecule has 0 saturated heterocycles. The highest BCUT2D eigenvalue weighted by molar-refractivity contribution is 5.94. The molecule has 0 spiro atoms. The van der Waals surface area contributed by atoms with Gasteiger partial charge in [-0.25, -0.2) is 9.97 Å². The summed E-state index contributed by atoms with van der Waals surface area (Å²) in [5, 5.41) is 0. The van der Waals surface area contributed by atoms with E-state index in [1.165, 1.54) is 0 Å². The van der Waals surface area contributed by atoms with Crippen molar-refractivity contribution in [3.05, 3.63) is 59.2 Å². The van der Waals surface area contributed by atoms with Gasteiger partial charge in [-0.15, -0.1) is 0 Å². The van der Waals surface area contributed by atoms with Gasteiger partial charge in [0.2, 0.25) is 5.78 Å². The molecule has 1 aromatic heterocycles. The van der Waals surface area contributed by atoms with E-state index in [1.54, 1.807) is 12.4 Å². The van der Waals surface area contributed by atoms with Crippen LogP contribution in [-0.2, 0) is 6.42 Å². The first-order chi connectivity index (χ1) is 8.15. The number of carbonyl (C=O) groups is 1. The third-order valence-electron chi connectivity index (χ3n) is 2.48. The Morgan fingerprint density at radius 1 is 1.12 bits per heavy atom. The fraction of sp³-hybridized carbons (Fsp3) is 0.214. The van der Waals surface area contributed by atoms with E-state index < -0.39 is 0 Å². The van der Waals surface area contributed by atoms with E-state index in [9.17, 15) is 4.79 Å². The van der Waals surface area contributed by atoms with Crippen LogP contribution < -0.4 is 0 Å². The largest absolute Gasteiger partial charge is 0.290 e. The van der Waals surface area contributed by atoms with Crippen LogP contribution in [0.1, 0.15) is 27.3 Å². The van der Waals surface area contributed by atoms with Crippen LogP contribution in [0.2, 0.25) is 0 Å². The van der Waals surface area contributed by atoms with Crippen LogP contribution in [0.15, 0.2) is 36.7 Å². The van der Waals surface area contributed by atoms with Crippen molar-refractivity contribution in [3.63, 3.8) is 0 Å². The first kappa shape index (κ1) is 11.5. The number of rotatable bonds is 3. The lowest BCUT2D eigenvalue weighted by Crippen LogP contribution is -2.08. The van der Waals surface area contributed by atoms with Crippen LogP contribution in [-0.4, -0.2) is 15.8 Å². The maximum Gasteiger partial charge on any atom is 0.204 e. The average Bonchev–Trinajstić information content (AvgIpc) is 2.29. The summed E-state index contributed by atoms with van der Waals surface area (Å²) in [7, 11) is 0. The van der Waals surface area contributed by atoms with Crippen molar-refractivity contribution in [3.8, 4) is 0 Å². The Balaban J connectivity index is 2.14. The van der Waals surface area contributed by atoms with E-state index in [2.05, 4.69) is 9.97 Å². The molecule has 1 aromatic carbocycles. The molecule has 0 bridgehead atoms. The van der Waals surface area contributed by atoms with E-state index in [1.807, 2.05) is 38.1 Å². The van der Waals surface area contributed by atoms with E-state index >= 15 is 0 Å². The molecule has 3 nitrogen and oxygen atoms in total.